The number of Topliss-reactive ketones (excluding diaryl/α,β-unsaturated/α-hetero) is 1. The highest BCUT2D eigenvalue weighted by atomic mass is 35.5. The van der Waals surface area contributed by atoms with Gasteiger partial charge >= 0.3 is 0 Å². The Morgan fingerprint density at radius 2 is 2.07 bits per heavy atom. The Balaban J connectivity index is 2.90. The highest BCUT2D eigenvalue weighted by Gasteiger charge is 2.10. The average Bonchev–Trinajstić information content (AvgIpc) is 2.00. The van der Waals surface area contributed by atoms with Crippen LogP contribution in [0.3, 0.4) is 0 Å². The van der Waals surface area contributed by atoms with E-state index in [1.165, 1.54) is 18.2 Å². The third-order valence-corrected chi connectivity index (χ3v) is 2.00. The number of benzene rings is 1. The lowest BCUT2D eigenvalue weighted by atomic mass is 10.0. The fraction of sp³-hybridized carbons (Fsp3) is 0.364. The first kappa shape index (κ1) is 11.2. The summed E-state index contributed by atoms with van der Waals surface area (Å²) in [5.41, 5.74) is 0.351. The molecule has 1 rings (SSSR count). The van der Waals surface area contributed by atoms with E-state index in [0.29, 0.717) is 12.0 Å². The molecule has 0 radical (unpaired) electrons. The van der Waals surface area contributed by atoms with Crippen LogP contribution in [0.4, 0.5) is 4.39 Å². The average molecular weight is 215 g/mol. The van der Waals surface area contributed by atoms with Crippen LogP contribution in [0.5, 0.6) is 0 Å². The fourth-order valence-electron chi connectivity index (χ4n) is 1.20. The maximum Gasteiger partial charge on any atom is 0.163 e. The van der Waals surface area contributed by atoms with E-state index < -0.39 is 5.82 Å². The van der Waals surface area contributed by atoms with Crippen LogP contribution in [-0.2, 0) is 0 Å². The van der Waals surface area contributed by atoms with Gasteiger partial charge in [-0.25, -0.2) is 4.39 Å². The molecule has 0 amide bonds. The second-order valence-corrected chi connectivity index (χ2v) is 4.12. The summed E-state index contributed by atoms with van der Waals surface area (Å²) in [7, 11) is 0. The lowest BCUT2D eigenvalue weighted by Crippen LogP contribution is -2.03. The van der Waals surface area contributed by atoms with Crippen molar-refractivity contribution in [3.8, 4) is 0 Å². The van der Waals surface area contributed by atoms with Crippen LogP contribution in [-0.4, -0.2) is 5.78 Å². The quantitative estimate of drug-likeness (QED) is 0.701. The van der Waals surface area contributed by atoms with Crippen molar-refractivity contribution in [1.29, 1.82) is 0 Å². The molecule has 0 aliphatic heterocycles. The van der Waals surface area contributed by atoms with E-state index in [-0.39, 0.29) is 16.7 Å². The van der Waals surface area contributed by atoms with Crippen molar-refractivity contribution in [2.45, 2.75) is 20.3 Å². The van der Waals surface area contributed by atoms with Gasteiger partial charge in [-0.05, 0) is 24.1 Å². The zero-order valence-electron chi connectivity index (χ0n) is 8.18. The van der Waals surface area contributed by atoms with E-state index in [9.17, 15) is 9.18 Å². The second-order valence-electron chi connectivity index (χ2n) is 3.68. The minimum Gasteiger partial charge on any atom is -0.294 e. The first-order chi connectivity index (χ1) is 6.49. The molecule has 1 aromatic rings. The Hall–Kier alpha value is -0.890. The van der Waals surface area contributed by atoms with E-state index in [0.717, 1.165) is 0 Å². The van der Waals surface area contributed by atoms with E-state index in [1.54, 1.807) is 0 Å². The van der Waals surface area contributed by atoms with Gasteiger partial charge in [0.25, 0.3) is 0 Å². The Morgan fingerprint density at radius 1 is 1.43 bits per heavy atom. The predicted molar refractivity (Wildman–Crippen MR) is 55.2 cm³/mol. The lowest BCUT2D eigenvalue weighted by molar-refractivity contribution is 0.0967. The molecule has 0 aliphatic rings. The Morgan fingerprint density at radius 3 is 2.57 bits per heavy atom. The molecule has 0 unspecified atom stereocenters. The molecule has 0 atom stereocenters. The zero-order valence-corrected chi connectivity index (χ0v) is 8.94. The molecule has 14 heavy (non-hydrogen) atoms. The van der Waals surface area contributed by atoms with Crippen LogP contribution in [0.2, 0.25) is 5.02 Å². The minimum absolute atomic E-state index is 0.0681. The maximum atomic E-state index is 12.9. The van der Waals surface area contributed by atoms with E-state index in [4.69, 9.17) is 11.6 Å². The molecule has 0 aliphatic carbocycles. The molecule has 1 aromatic carbocycles. The standard InChI is InChI=1S/C11H12ClFO/c1-7(2)3-11(14)8-4-9(12)6-10(13)5-8/h4-7H,3H2,1-2H3. The molecule has 0 spiro atoms. The smallest absolute Gasteiger partial charge is 0.163 e. The van der Waals surface area contributed by atoms with Crippen molar-refractivity contribution < 1.29 is 9.18 Å². The number of ketones is 1. The van der Waals surface area contributed by atoms with Gasteiger partial charge in [0, 0.05) is 17.0 Å². The predicted octanol–water partition coefficient (Wildman–Crippen LogP) is 3.71. The summed E-state index contributed by atoms with van der Waals surface area (Å²) in [6, 6.07) is 3.90. The summed E-state index contributed by atoms with van der Waals surface area (Å²) in [6.45, 7) is 3.89. The molecule has 0 N–H and O–H groups in total. The number of rotatable bonds is 3. The number of hydrogen-bond acceptors (Lipinski definition) is 1. The van der Waals surface area contributed by atoms with Gasteiger partial charge in [0.05, 0.1) is 0 Å². The molecule has 0 heterocycles. The van der Waals surface area contributed by atoms with E-state index >= 15 is 0 Å². The third-order valence-electron chi connectivity index (χ3n) is 1.78. The summed E-state index contributed by atoms with van der Waals surface area (Å²) in [6.07, 6.45) is 0.416. The Kier molecular flexibility index (Phi) is 3.64. The molecule has 0 aromatic heterocycles. The Labute approximate surface area is 87.9 Å². The fourth-order valence-corrected chi connectivity index (χ4v) is 1.43. The van der Waals surface area contributed by atoms with Crippen LogP contribution < -0.4 is 0 Å². The molecule has 3 heteroatoms. The van der Waals surface area contributed by atoms with Gasteiger partial charge in [-0.2, -0.15) is 0 Å². The van der Waals surface area contributed by atoms with Gasteiger partial charge in [-0.1, -0.05) is 25.4 Å². The van der Waals surface area contributed by atoms with Crippen molar-refractivity contribution in [2.75, 3.05) is 0 Å². The van der Waals surface area contributed by atoms with Crippen molar-refractivity contribution in [1.82, 2.24) is 0 Å². The largest absolute Gasteiger partial charge is 0.294 e. The topological polar surface area (TPSA) is 17.1 Å². The zero-order chi connectivity index (χ0) is 10.7. The molecule has 0 saturated carbocycles. The monoisotopic (exact) mass is 214 g/mol. The summed E-state index contributed by atoms with van der Waals surface area (Å²) >= 11 is 5.64. The van der Waals surface area contributed by atoms with E-state index in [1.807, 2.05) is 13.8 Å². The van der Waals surface area contributed by atoms with Crippen LogP contribution in [0.25, 0.3) is 0 Å². The van der Waals surface area contributed by atoms with E-state index in [2.05, 4.69) is 0 Å². The number of carbonyl (C=O) groups excluding carboxylic acids is 1. The Bertz CT molecular complexity index is 327. The number of halogens is 2. The SMILES string of the molecule is CC(C)CC(=O)c1cc(F)cc(Cl)c1. The van der Waals surface area contributed by atoms with Crippen molar-refractivity contribution >= 4 is 17.4 Å². The first-order valence-corrected chi connectivity index (χ1v) is 4.86. The van der Waals surface area contributed by atoms with Gasteiger partial charge in [0.2, 0.25) is 0 Å². The third kappa shape index (κ3) is 3.11. The van der Waals surface area contributed by atoms with Gasteiger partial charge < -0.3 is 0 Å². The van der Waals surface area contributed by atoms with Crippen LogP contribution in [0, 0.1) is 11.7 Å². The summed E-state index contributed by atoms with van der Waals surface area (Å²) in [5.74, 6) is -0.268. The van der Waals surface area contributed by atoms with Crippen LogP contribution in [0.1, 0.15) is 30.6 Å². The van der Waals surface area contributed by atoms with Crippen molar-refractivity contribution in [3.63, 3.8) is 0 Å². The maximum absolute atomic E-state index is 12.9. The van der Waals surface area contributed by atoms with Gasteiger partial charge in [0.1, 0.15) is 5.82 Å². The molecule has 0 bridgehead atoms. The minimum atomic E-state index is -0.468. The normalized spacial score (nSPS) is 10.6. The summed E-state index contributed by atoms with van der Waals surface area (Å²) in [5, 5.41) is 0.261. The second kappa shape index (κ2) is 4.56. The van der Waals surface area contributed by atoms with Crippen LogP contribution >= 0.6 is 11.6 Å². The molecule has 0 saturated heterocycles. The first-order valence-electron chi connectivity index (χ1n) is 4.48. The molecular weight excluding hydrogens is 203 g/mol. The highest BCUT2D eigenvalue weighted by molar-refractivity contribution is 6.31. The lowest BCUT2D eigenvalue weighted by Gasteiger charge is -2.04. The highest BCUT2D eigenvalue weighted by Crippen LogP contribution is 2.16. The van der Waals surface area contributed by atoms with Gasteiger partial charge in [0.15, 0.2) is 5.78 Å². The molecular formula is C11H12ClFO. The van der Waals surface area contributed by atoms with Crippen molar-refractivity contribution in [3.05, 3.63) is 34.6 Å². The van der Waals surface area contributed by atoms with Crippen molar-refractivity contribution in [2.24, 2.45) is 5.92 Å². The van der Waals surface area contributed by atoms with Gasteiger partial charge in [-0.15, -0.1) is 0 Å². The molecule has 76 valence electrons. The summed E-state index contributed by atoms with van der Waals surface area (Å²) in [4.78, 5) is 11.5. The number of hydrogen-bond donors (Lipinski definition) is 0. The summed E-state index contributed by atoms with van der Waals surface area (Å²) < 4.78 is 12.9. The van der Waals surface area contributed by atoms with Gasteiger partial charge in [-0.3, -0.25) is 4.79 Å². The van der Waals surface area contributed by atoms with Crippen LogP contribution in [0.15, 0.2) is 18.2 Å². The number of carbonyl (C=O) groups is 1. The molecule has 1 nitrogen and oxygen atoms in total. The molecule has 0 fully saturated rings.